The number of halogens is 2. The topological polar surface area (TPSA) is 63.7 Å². The average molecular weight is 352 g/mol. The van der Waals surface area contributed by atoms with Crippen molar-refractivity contribution in [1.82, 2.24) is 4.31 Å². The van der Waals surface area contributed by atoms with Crippen molar-refractivity contribution >= 4 is 39.2 Å². The van der Waals surface area contributed by atoms with Crippen LogP contribution in [0, 0.1) is 0 Å². The molecule has 1 aliphatic heterocycles. The number of esters is 1. The van der Waals surface area contributed by atoms with Crippen molar-refractivity contribution in [3.05, 3.63) is 28.2 Å². The lowest BCUT2D eigenvalue weighted by atomic mass is 10.2. The van der Waals surface area contributed by atoms with E-state index < -0.39 is 22.0 Å². The van der Waals surface area contributed by atoms with E-state index in [1.54, 1.807) is 13.0 Å². The number of benzene rings is 1. The van der Waals surface area contributed by atoms with Gasteiger partial charge in [-0.05, 0) is 31.9 Å². The van der Waals surface area contributed by atoms with Crippen LogP contribution in [-0.2, 0) is 19.6 Å². The van der Waals surface area contributed by atoms with Crippen LogP contribution in [0.2, 0.25) is 10.0 Å². The molecule has 0 aromatic heterocycles. The van der Waals surface area contributed by atoms with Crippen LogP contribution >= 0.6 is 23.2 Å². The summed E-state index contributed by atoms with van der Waals surface area (Å²) in [6.45, 7) is 2.13. The molecule has 1 fully saturated rings. The number of sulfonamides is 1. The van der Waals surface area contributed by atoms with Crippen molar-refractivity contribution in [2.75, 3.05) is 13.2 Å². The van der Waals surface area contributed by atoms with Crippen LogP contribution in [0.1, 0.15) is 19.8 Å². The van der Waals surface area contributed by atoms with Crippen molar-refractivity contribution in [2.45, 2.75) is 30.7 Å². The molecule has 1 unspecified atom stereocenters. The third kappa shape index (κ3) is 3.18. The molecule has 0 saturated carbocycles. The Hall–Kier alpha value is -0.820. The molecule has 1 aromatic carbocycles. The minimum atomic E-state index is -3.94. The highest BCUT2D eigenvalue weighted by atomic mass is 35.5. The second kappa shape index (κ2) is 6.52. The molecule has 1 atom stereocenters. The molecule has 8 heteroatoms. The molecular formula is C13H15Cl2NO4S. The maximum absolute atomic E-state index is 12.7. The maximum atomic E-state index is 12.7. The lowest BCUT2D eigenvalue weighted by Crippen LogP contribution is -2.41. The Labute approximate surface area is 133 Å². The highest BCUT2D eigenvalue weighted by molar-refractivity contribution is 7.89. The van der Waals surface area contributed by atoms with Gasteiger partial charge in [-0.25, -0.2) is 8.42 Å². The van der Waals surface area contributed by atoms with Gasteiger partial charge in [0.05, 0.1) is 16.7 Å². The summed E-state index contributed by atoms with van der Waals surface area (Å²) in [5, 5.41) is 0.0778. The molecule has 0 spiro atoms. The largest absolute Gasteiger partial charge is 0.465 e. The number of carbonyl (C=O) groups is 1. The van der Waals surface area contributed by atoms with E-state index in [0.717, 1.165) is 4.31 Å². The monoisotopic (exact) mass is 351 g/mol. The van der Waals surface area contributed by atoms with Gasteiger partial charge in [0.25, 0.3) is 0 Å². The molecule has 0 aliphatic carbocycles. The van der Waals surface area contributed by atoms with Gasteiger partial charge in [-0.1, -0.05) is 29.3 Å². The number of hydrogen-bond donors (Lipinski definition) is 0. The summed E-state index contributed by atoms with van der Waals surface area (Å²) in [5.74, 6) is -0.540. The Morgan fingerprint density at radius 3 is 2.57 bits per heavy atom. The third-order valence-electron chi connectivity index (χ3n) is 3.25. The molecule has 1 aromatic rings. The second-order valence-corrected chi connectivity index (χ2v) is 7.22. The summed E-state index contributed by atoms with van der Waals surface area (Å²) >= 11 is 11.9. The van der Waals surface area contributed by atoms with E-state index in [1.807, 2.05) is 0 Å². The minimum Gasteiger partial charge on any atom is -0.465 e. The fourth-order valence-corrected chi connectivity index (χ4v) is 5.09. The summed E-state index contributed by atoms with van der Waals surface area (Å²) in [4.78, 5) is 11.7. The van der Waals surface area contributed by atoms with Crippen molar-refractivity contribution < 1.29 is 17.9 Å². The van der Waals surface area contributed by atoms with Gasteiger partial charge in [0, 0.05) is 6.54 Å². The first-order chi connectivity index (χ1) is 9.89. The van der Waals surface area contributed by atoms with Crippen LogP contribution in [0.3, 0.4) is 0 Å². The summed E-state index contributed by atoms with van der Waals surface area (Å²) in [6.07, 6.45) is 1.02. The molecule has 1 aliphatic rings. The van der Waals surface area contributed by atoms with Crippen molar-refractivity contribution in [2.24, 2.45) is 0 Å². The first-order valence-corrected chi connectivity index (χ1v) is 8.71. The summed E-state index contributed by atoms with van der Waals surface area (Å²) in [7, 11) is -3.94. The SMILES string of the molecule is CCOC(=O)C1CCCN1S(=O)(=O)c1c(Cl)cccc1Cl. The van der Waals surface area contributed by atoms with Crippen molar-refractivity contribution in [1.29, 1.82) is 0 Å². The van der Waals surface area contributed by atoms with Gasteiger partial charge in [0.2, 0.25) is 10.0 Å². The first-order valence-electron chi connectivity index (χ1n) is 6.52. The zero-order chi connectivity index (χ0) is 15.6. The molecule has 2 rings (SSSR count). The van der Waals surface area contributed by atoms with E-state index in [0.29, 0.717) is 12.8 Å². The molecule has 0 bridgehead atoms. The van der Waals surface area contributed by atoms with Crippen LogP contribution in [-0.4, -0.2) is 37.9 Å². The highest BCUT2D eigenvalue weighted by Gasteiger charge is 2.41. The van der Waals surface area contributed by atoms with E-state index >= 15 is 0 Å². The van der Waals surface area contributed by atoms with Gasteiger partial charge >= 0.3 is 5.97 Å². The fourth-order valence-electron chi connectivity index (χ4n) is 2.35. The van der Waals surface area contributed by atoms with Crippen LogP contribution < -0.4 is 0 Å². The average Bonchev–Trinajstić information content (AvgIpc) is 2.88. The van der Waals surface area contributed by atoms with Crippen LogP contribution in [0.4, 0.5) is 0 Å². The Morgan fingerprint density at radius 1 is 1.38 bits per heavy atom. The zero-order valence-corrected chi connectivity index (χ0v) is 13.7. The second-order valence-electron chi connectivity index (χ2n) is 4.58. The standard InChI is InChI=1S/C13H15Cl2NO4S/c1-2-20-13(17)11-7-4-8-16(11)21(18,19)12-9(14)5-3-6-10(12)15/h3,5-6,11H,2,4,7-8H2,1H3. The summed E-state index contributed by atoms with van der Waals surface area (Å²) in [6, 6.07) is 3.66. The Balaban J connectivity index is 2.41. The predicted molar refractivity (Wildman–Crippen MR) is 80.0 cm³/mol. The molecule has 0 N–H and O–H groups in total. The van der Waals surface area contributed by atoms with E-state index in [-0.39, 0.29) is 28.1 Å². The molecular weight excluding hydrogens is 337 g/mol. The molecule has 0 radical (unpaired) electrons. The van der Waals surface area contributed by atoms with E-state index in [4.69, 9.17) is 27.9 Å². The first kappa shape index (κ1) is 16.5. The number of nitrogens with zero attached hydrogens (tertiary/aromatic N) is 1. The number of rotatable bonds is 4. The Kier molecular flexibility index (Phi) is 5.14. The molecule has 116 valence electrons. The van der Waals surface area contributed by atoms with Crippen LogP contribution in [0.15, 0.2) is 23.1 Å². The summed E-state index contributed by atoms with van der Waals surface area (Å²) < 4.78 is 31.5. The normalized spacial score (nSPS) is 19.7. The number of ether oxygens (including phenoxy) is 1. The maximum Gasteiger partial charge on any atom is 0.324 e. The lowest BCUT2D eigenvalue weighted by Gasteiger charge is -2.23. The molecule has 0 amide bonds. The van der Waals surface area contributed by atoms with Gasteiger partial charge in [0.1, 0.15) is 10.9 Å². The molecule has 5 nitrogen and oxygen atoms in total. The summed E-state index contributed by atoms with van der Waals surface area (Å²) in [5.41, 5.74) is 0. The third-order valence-corrected chi connectivity index (χ3v) is 6.11. The van der Waals surface area contributed by atoms with E-state index in [2.05, 4.69) is 0 Å². The van der Waals surface area contributed by atoms with Crippen LogP contribution in [0.5, 0.6) is 0 Å². The Morgan fingerprint density at radius 2 is 2.00 bits per heavy atom. The lowest BCUT2D eigenvalue weighted by molar-refractivity contribution is -0.146. The van der Waals surface area contributed by atoms with Crippen LogP contribution in [0.25, 0.3) is 0 Å². The van der Waals surface area contributed by atoms with Crippen molar-refractivity contribution in [3.63, 3.8) is 0 Å². The Bertz CT molecular complexity index is 627. The predicted octanol–water partition coefficient (Wildman–Crippen LogP) is 2.71. The van der Waals surface area contributed by atoms with E-state index in [1.165, 1.54) is 12.1 Å². The van der Waals surface area contributed by atoms with Gasteiger partial charge in [-0.3, -0.25) is 4.79 Å². The molecule has 1 heterocycles. The van der Waals surface area contributed by atoms with Crippen molar-refractivity contribution in [3.8, 4) is 0 Å². The quantitative estimate of drug-likeness (QED) is 0.782. The minimum absolute atomic E-state index is 0.0389. The van der Waals surface area contributed by atoms with Gasteiger partial charge in [0.15, 0.2) is 0 Å². The fraction of sp³-hybridized carbons (Fsp3) is 0.462. The van der Waals surface area contributed by atoms with Gasteiger partial charge < -0.3 is 4.74 Å². The van der Waals surface area contributed by atoms with Gasteiger partial charge in [-0.15, -0.1) is 0 Å². The number of carbonyl (C=O) groups excluding carboxylic acids is 1. The zero-order valence-electron chi connectivity index (χ0n) is 11.4. The molecule has 1 saturated heterocycles. The number of hydrogen-bond acceptors (Lipinski definition) is 4. The molecule has 21 heavy (non-hydrogen) atoms. The van der Waals surface area contributed by atoms with Gasteiger partial charge in [-0.2, -0.15) is 4.31 Å². The van der Waals surface area contributed by atoms with E-state index in [9.17, 15) is 13.2 Å². The highest BCUT2D eigenvalue weighted by Crippen LogP contribution is 2.35. The smallest absolute Gasteiger partial charge is 0.324 e.